The van der Waals surface area contributed by atoms with E-state index in [4.69, 9.17) is 4.74 Å². The number of amides is 1. The van der Waals surface area contributed by atoms with Crippen LogP contribution in [0, 0.1) is 11.8 Å². The molecular formula is C16H32N2O3. The summed E-state index contributed by atoms with van der Waals surface area (Å²) in [4.78, 5) is 11.7. The highest BCUT2D eigenvalue weighted by atomic mass is 16.6. The first-order valence-corrected chi connectivity index (χ1v) is 8.06. The van der Waals surface area contributed by atoms with E-state index in [1.807, 2.05) is 27.7 Å². The number of carbonyl (C=O) groups excluding carboxylic acids is 1. The van der Waals surface area contributed by atoms with Crippen LogP contribution in [0.1, 0.15) is 53.9 Å². The molecule has 21 heavy (non-hydrogen) atoms. The highest BCUT2D eigenvalue weighted by Gasteiger charge is 2.29. The van der Waals surface area contributed by atoms with Gasteiger partial charge in [0.1, 0.15) is 5.60 Å². The predicted molar refractivity (Wildman–Crippen MR) is 84.2 cm³/mol. The Morgan fingerprint density at radius 1 is 1.33 bits per heavy atom. The number of nitrogens with one attached hydrogen (secondary N) is 2. The fourth-order valence-corrected chi connectivity index (χ4v) is 2.69. The van der Waals surface area contributed by atoms with E-state index in [1.54, 1.807) is 0 Å². The van der Waals surface area contributed by atoms with Gasteiger partial charge in [-0.3, -0.25) is 0 Å². The van der Waals surface area contributed by atoms with Crippen LogP contribution in [0.25, 0.3) is 0 Å². The van der Waals surface area contributed by atoms with Crippen molar-refractivity contribution >= 4 is 6.09 Å². The van der Waals surface area contributed by atoms with Crippen molar-refractivity contribution in [1.29, 1.82) is 0 Å². The van der Waals surface area contributed by atoms with Gasteiger partial charge in [0.15, 0.2) is 0 Å². The Morgan fingerprint density at radius 2 is 2.00 bits per heavy atom. The molecule has 4 unspecified atom stereocenters. The summed E-state index contributed by atoms with van der Waals surface area (Å²) in [7, 11) is 0. The van der Waals surface area contributed by atoms with Crippen molar-refractivity contribution in [1.82, 2.24) is 10.6 Å². The summed E-state index contributed by atoms with van der Waals surface area (Å²) in [5.41, 5.74) is -0.456. The topological polar surface area (TPSA) is 70.6 Å². The lowest BCUT2D eigenvalue weighted by Gasteiger charge is -2.28. The molecule has 1 amide bonds. The van der Waals surface area contributed by atoms with E-state index in [-0.39, 0.29) is 24.7 Å². The molecule has 1 saturated carbocycles. The van der Waals surface area contributed by atoms with Gasteiger partial charge in [-0.25, -0.2) is 4.79 Å². The van der Waals surface area contributed by atoms with E-state index in [9.17, 15) is 9.90 Å². The molecule has 0 bridgehead atoms. The molecule has 0 aromatic heterocycles. The third-order valence-electron chi connectivity index (χ3n) is 4.19. The van der Waals surface area contributed by atoms with Crippen molar-refractivity contribution in [3.63, 3.8) is 0 Å². The van der Waals surface area contributed by atoms with Gasteiger partial charge in [-0.05, 0) is 52.4 Å². The Morgan fingerprint density at radius 3 is 2.57 bits per heavy atom. The van der Waals surface area contributed by atoms with Crippen molar-refractivity contribution in [2.75, 3.05) is 13.2 Å². The Bertz CT molecular complexity index is 328. The number of alkyl carbamates (subject to hydrolysis) is 1. The smallest absolute Gasteiger partial charge is 0.407 e. The van der Waals surface area contributed by atoms with E-state index < -0.39 is 5.60 Å². The third kappa shape index (κ3) is 6.66. The van der Waals surface area contributed by atoms with Gasteiger partial charge in [-0.2, -0.15) is 0 Å². The van der Waals surface area contributed by atoms with Gasteiger partial charge >= 0.3 is 6.09 Å². The summed E-state index contributed by atoms with van der Waals surface area (Å²) in [6, 6.07) is 0.686. The lowest BCUT2D eigenvalue weighted by Crippen LogP contribution is -2.46. The lowest BCUT2D eigenvalue weighted by molar-refractivity contribution is 0.0516. The first-order valence-electron chi connectivity index (χ1n) is 8.06. The predicted octanol–water partition coefficient (Wildman–Crippen LogP) is 2.29. The highest BCUT2D eigenvalue weighted by Crippen LogP contribution is 2.26. The monoisotopic (exact) mass is 300 g/mol. The van der Waals surface area contributed by atoms with Crippen LogP contribution in [0.2, 0.25) is 0 Å². The maximum Gasteiger partial charge on any atom is 0.407 e. The van der Waals surface area contributed by atoms with Gasteiger partial charge in [0.2, 0.25) is 0 Å². The van der Waals surface area contributed by atoms with Crippen molar-refractivity contribution in [2.45, 2.75) is 71.6 Å². The van der Waals surface area contributed by atoms with Crippen LogP contribution in [-0.2, 0) is 4.74 Å². The first kappa shape index (κ1) is 18.2. The molecule has 4 atom stereocenters. The number of ether oxygens (including phenoxy) is 1. The zero-order valence-corrected chi connectivity index (χ0v) is 14.1. The minimum atomic E-state index is -0.456. The summed E-state index contributed by atoms with van der Waals surface area (Å²) in [5, 5.41) is 15.7. The Labute approximate surface area is 128 Å². The van der Waals surface area contributed by atoms with Crippen molar-refractivity contribution in [3.8, 4) is 0 Å². The molecule has 0 aromatic carbocycles. The molecule has 1 aliphatic carbocycles. The third-order valence-corrected chi connectivity index (χ3v) is 4.19. The van der Waals surface area contributed by atoms with E-state index in [1.165, 1.54) is 6.42 Å². The molecular weight excluding hydrogens is 268 g/mol. The van der Waals surface area contributed by atoms with E-state index in [0.717, 1.165) is 12.8 Å². The second-order valence-corrected chi connectivity index (χ2v) is 7.30. The quantitative estimate of drug-likeness (QED) is 0.704. The number of hydrogen-bond donors (Lipinski definition) is 3. The molecule has 0 aromatic rings. The van der Waals surface area contributed by atoms with Crippen LogP contribution in [0.15, 0.2) is 0 Å². The molecule has 0 spiro atoms. The summed E-state index contributed by atoms with van der Waals surface area (Å²) in [5.74, 6) is 0.677. The minimum Gasteiger partial charge on any atom is -0.444 e. The van der Waals surface area contributed by atoms with Gasteiger partial charge in [0.25, 0.3) is 0 Å². The normalized spacial score (nSPS) is 25.4. The van der Waals surface area contributed by atoms with Gasteiger partial charge in [-0.1, -0.05) is 13.3 Å². The Hall–Kier alpha value is -0.810. The summed E-state index contributed by atoms with van der Waals surface area (Å²) in [6.45, 7) is 10.6. The van der Waals surface area contributed by atoms with Gasteiger partial charge in [-0.15, -0.1) is 0 Å². The molecule has 0 radical (unpaired) electrons. The molecule has 124 valence electrons. The van der Waals surface area contributed by atoms with Crippen molar-refractivity contribution < 1.29 is 14.6 Å². The number of carbonyl (C=O) groups is 1. The van der Waals surface area contributed by atoms with Gasteiger partial charge in [0, 0.05) is 25.2 Å². The first-order chi connectivity index (χ1) is 9.73. The number of hydrogen-bond acceptors (Lipinski definition) is 4. The fraction of sp³-hybridized carbons (Fsp3) is 0.938. The largest absolute Gasteiger partial charge is 0.444 e. The molecule has 3 N–H and O–H groups in total. The van der Waals surface area contributed by atoms with Crippen LogP contribution < -0.4 is 10.6 Å². The maximum absolute atomic E-state index is 11.7. The Balaban J connectivity index is 2.38. The standard InChI is InChI=1S/C16H32N2O3/c1-11(10-19)12(2)18-14-8-6-7-13(14)9-17-15(20)21-16(3,4)5/h11-14,18-19H,6-10H2,1-5H3,(H,17,20). The molecule has 1 aliphatic rings. The molecule has 0 heterocycles. The lowest BCUT2D eigenvalue weighted by atomic mass is 9.99. The van der Waals surface area contributed by atoms with Crippen LogP contribution in [0.4, 0.5) is 4.79 Å². The highest BCUT2D eigenvalue weighted by molar-refractivity contribution is 5.67. The van der Waals surface area contributed by atoms with Crippen LogP contribution in [-0.4, -0.2) is 42.0 Å². The number of rotatable bonds is 6. The second kappa shape index (κ2) is 7.99. The van der Waals surface area contributed by atoms with E-state index >= 15 is 0 Å². The van der Waals surface area contributed by atoms with Crippen LogP contribution >= 0.6 is 0 Å². The molecule has 0 saturated heterocycles. The zero-order valence-electron chi connectivity index (χ0n) is 14.1. The van der Waals surface area contributed by atoms with Gasteiger partial charge < -0.3 is 20.5 Å². The van der Waals surface area contributed by atoms with E-state index in [2.05, 4.69) is 17.6 Å². The van der Waals surface area contributed by atoms with Crippen molar-refractivity contribution in [3.05, 3.63) is 0 Å². The van der Waals surface area contributed by atoms with Crippen molar-refractivity contribution in [2.24, 2.45) is 11.8 Å². The minimum absolute atomic E-state index is 0.196. The SMILES string of the molecule is CC(CO)C(C)NC1CCCC1CNC(=O)OC(C)(C)C. The Kier molecular flexibility index (Phi) is 6.94. The fourth-order valence-electron chi connectivity index (χ4n) is 2.69. The maximum atomic E-state index is 11.7. The zero-order chi connectivity index (χ0) is 16.0. The summed E-state index contributed by atoms with van der Waals surface area (Å²) >= 11 is 0. The summed E-state index contributed by atoms with van der Waals surface area (Å²) < 4.78 is 5.27. The second-order valence-electron chi connectivity index (χ2n) is 7.30. The molecule has 1 rings (SSSR count). The van der Waals surface area contributed by atoms with Crippen LogP contribution in [0.3, 0.4) is 0 Å². The molecule has 1 fully saturated rings. The molecule has 5 nitrogen and oxygen atoms in total. The van der Waals surface area contributed by atoms with E-state index in [0.29, 0.717) is 18.5 Å². The summed E-state index contributed by atoms with van der Waals surface area (Å²) in [6.07, 6.45) is 3.08. The average Bonchev–Trinajstić information content (AvgIpc) is 2.80. The molecule has 0 aliphatic heterocycles. The van der Waals surface area contributed by atoms with Crippen LogP contribution in [0.5, 0.6) is 0 Å². The number of aliphatic hydroxyl groups excluding tert-OH is 1. The van der Waals surface area contributed by atoms with Gasteiger partial charge in [0.05, 0.1) is 0 Å². The average molecular weight is 300 g/mol. The number of aliphatic hydroxyl groups is 1. The molecule has 5 heteroatoms.